The van der Waals surface area contributed by atoms with E-state index in [2.05, 4.69) is 5.32 Å². The lowest BCUT2D eigenvalue weighted by molar-refractivity contribution is -0.150. The van der Waals surface area contributed by atoms with E-state index in [1.807, 2.05) is 24.3 Å². The SMILES string of the molecule is COc1ccc(COC(=O)[C@@H]2CCCNC2)cc1. The van der Waals surface area contributed by atoms with Gasteiger partial charge in [0.1, 0.15) is 12.4 Å². The van der Waals surface area contributed by atoms with Gasteiger partial charge in [0.25, 0.3) is 0 Å². The van der Waals surface area contributed by atoms with Crippen LogP contribution in [0.5, 0.6) is 5.75 Å². The van der Waals surface area contributed by atoms with Crippen molar-refractivity contribution in [1.29, 1.82) is 0 Å². The molecule has 1 aromatic rings. The topological polar surface area (TPSA) is 47.6 Å². The van der Waals surface area contributed by atoms with Gasteiger partial charge in [-0.2, -0.15) is 0 Å². The number of ether oxygens (including phenoxy) is 2. The maximum atomic E-state index is 11.8. The van der Waals surface area contributed by atoms with E-state index < -0.39 is 0 Å². The Morgan fingerprint density at radius 1 is 1.39 bits per heavy atom. The van der Waals surface area contributed by atoms with Crippen molar-refractivity contribution in [2.75, 3.05) is 20.2 Å². The first-order chi connectivity index (χ1) is 8.79. The fourth-order valence-electron chi connectivity index (χ4n) is 2.05. The number of rotatable bonds is 4. The largest absolute Gasteiger partial charge is 0.497 e. The van der Waals surface area contributed by atoms with E-state index in [1.165, 1.54) is 0 Å². The van der Waals surface area contributed by atoms with Crippen LogP contribution in [0.3, 0.4) is 0 Å². The number of esters is 1. The lowest BCUT2D eigenvalue weighted by Gasteiger charge is -2.21. The summed E-state index contributed by atoms with van der Waals surface area (Å²) in [6.07, 6.45) is 1.97. The van der Waals surface area contributed by atoms with E-state index in [9.17, 15) is 4.79 Å². The highest BCUT2D eigenvalue weighted by atomic mass is 16.5. The summed E-state index contributed by atoms with van der Waals surface area (Å²) in [6, 6.07) is 7.55. The molecule has 2 rings (SSSR count). The van der Waals surface area contributed by atoms with Crippen LogP contribution in [0.2, 0.25) is 0 Å². The lowest BCUT2D eigenvalue weighted by Crippen LogP contribution is -2.35. The average Bonchev–Trinajstić information content (AvgIpc) is 2.46. The molecule has 1 aliphatic heterocycles. The van der Waals surface area contributed by atoms with Crippen molar-refractivity contribution < 1.29 is 14.3 Å². The van der Waals surface area contributed by atoms with E-state index in [-0.39, 0.29) is 11.9 Å². The Morgan fingerprint density at radius 3 is 2.78 bits per heavy atom. The van der Waals surface area contributed by atoms with Crippen LogP contribution in [0.4, 0.5) is 0 Å². The fraction of sp³-hybridized carbons (Fsp3) is 0.500. The molecule has 1 aromatic carbocycles. The summed E-state index contributed by atoms with van der Waals surface area (Å²) in [5.41, 5.74) is 0.980. The number of piperidine rings is 1. The Kier molecular flexibility index (Phi) is 4.59. The Balaban J connectivity index is 1.80. The van der Waals surface area contributed by atoms with Gasteiger partial charge in [0, 0.05) is 6.54 Å². The predicted molar refractivity (Wildman–Crippen MR) is 68.4 cm³/mol. The third kappa shape index (κ3) is 3.47. The second-order valence-electron chi connectivity index (χ2n) is 4.50. The third-order valence-electron chi connectivity index (χ3n) is 3.17. The molecule has 0 unspecified atom stereocenters. The van der Waals surface area contributed by atoms with Crippen LogP contribution >= 0.6 is 0 Å². The number of benzene rings is 1. The first kappa shape index (κ1) is 12.9. The van der Waals surface area contributed by atoms with Crippen molar-refractivity contribution in [2.45, 2.75) is 19.4 Å². The first-order valence-corrected chi connectivity index (χ1v) is 6.30. The summed E-state index contributed by atoms with van der Waals surface area (Å²) in [7, 11) is 1.63. The smallest absolute Gasteiger partial charge is 0.310 e. The van der Waals surface area contributed by atoms with Gasteiger partial charge in [-0.3, -0.25) is 4.79 Å². The number of methoxy groups -OCH3 is 1. The Hall–Kier alpha value is -1.55. The standard InChI is InChI=1S/C14H19NO3/c1-17-13-6-4-11(5-7-13)10-18-14(16)12-3-2-8-15-9-12/h4-7,12,15H,2-3,8-10H2,1H3/t12-/m1/s1. The molecule has 0 bridgehead atoms. The molecule has 1 atom stereocenters. The van der Waals surface area contributed by atoms with Crippen LogP contribution in [0.25, 0.3) is 0 Å². The van der Waals surface area contributed by atoms with Gasteiger partial charge < -0.3 is 14.8 Å². The molecule has 0 aromatic heterocycles. The molecule has 4 nitrogen and oxygen atoms in total. The van der Waals surface area contributed by atoms with E-state index >= 15 is 0 Å². The van der Waals surface area contributed by atoms with Crippen molar-refractivity contribution in [2.24, 2.45) is 5.92 Å². The normalized spacial score (nSPS) is 19.3. The molecule has 0 saturated carbocycles. The minimum absolute atomic E-state index is 0.0111. The van der Waals surface area contributed by atoms with Gasteiger partial charge in [0.2, 0.25) is 0 Å². The molecule has 4 heteroatoms. The van der Waals surface area contributed by atoms with Gasteiger partial charge in [-0.1, -0.05) is 12.1 Å². The molecule has 1 fully saturated rings. The van der Waals surface area contributed by atoms with E-state index in [0.29, 0.717) is 6.61 Å². The van der Waals surface area contributed by atoms with E-state index in [0.717, 1.165) is 37.2 Å². The number of nitrogens with one attached hydrogen (secondary N) is 1. The maximum absolute atomic E-state index is 11.8. The van der Waals surface area contributed by atoms with Gasteiger partial charge in [-0.25, -0.2) is 0 Å². The van der Waals surface area contributed by atoms with Crippen molar-refractivity contribution in [3.63, 3.8) is 0 Å². The monoisotopic (exact) mass is 249 g/mol. The number of carbonyl (C=O) groups is 1. The van der Waals surface area contributed by atoms with Crippen LogP contribution in [-0.4, -0.2) is 26.2 Å². The molecule has 0 amide bonds. The minimum atomic E-state index is -0.0991. The molecular weight excluding hydrogens is 230 g/mol. The fourth-order valence-corrected chi connectivity index (χ4v) is 2.05. The highest BCUT2D eigenvalue weighted by Crippen LogP contribution is 2.15. The Bertz CT molecular complexity index is 383. The van der Waals surface area contributed by atoms with Crippen LogP contribution < -0.4 is 10.1 Å². The molecule has 1 aliphatic rings. The van der Waals surface area contributed by atoms with Crippen LogP contribution in [0.15, 0.2) is 24.3 Å². The van der Waals surface area contributed by atoms with E-state index in [4.69, 9.17) is 9.47 Å². The lowest BCUT2D eigenvalue weighted by atomic mass is 10.0. The summed E-state index contributed by atoms with van der Waals surface area (Å²) in [6.45, 7) is 2.07. The highest BCUT2D eigenvalue weighted by molar-refractivity contribution is 5.72. The zero-order chi connectivity index (χ0) is 12.8. The Labute approximate surface area is 107 Å². The van der Waals surface area contributed by atoms with Gasteiger partial charge >= 0.3 is 5.97 Å². The zero-order valence-corrected chi connectivity index (χ0v) is 10.6. The molecule has 1 saturated heterocycles. The summed E-state index contributed by atoms with van der Waals surface area (Å²) in [5, 5.41) is 3.21. The summed E-state index contributed by atoms with van der Waals surface area (Å²) < 4.78 is 10.4. The highest BCUT2D eigenvalue weighted by Gasteiger charge is 2.22. The minimum Gasteiger partial charge on any atom is -0.497 e. The second kappa shape index (κ2) is 6.40. The number of carbonyl (C=O) groups excluding carboxylic acids is 1. The quantitative estimate of drug-likeness (QED) is 0.826. The van der Waals surface area contributed by atoms with Gasteiger partial charge in [-0.15, -0.1) is 0 Å². The molecular formula is C14H19NO3. The molecule has 1 N–H and O–H groups in total. The summed E-state index contributed by atoms with van der Waals surface area (Å²) >= 11 is 0. The molecule has 98 valence electrons. The first-order valence-electron chi connectivity index (χ1n) is 6.30. The van der Waals surface area contributed by atoms with Crippen LogP contribution in [-0.2, 0) is 16.1 Å². The Morgan fingerprint density at radius 2 is 2.17 bits per heavy atom. The van der Waals surface area contributed by atoms with Crippen molar-refractivity contribution in [1.82, 2.24) is 5.32 Å². The van der Waals surface area contributed by atoms with Gasteiger partial charge in [-0.05, 0) is 37.1 Å². The molecule has 18 heavy (non-hydrogen) atoms. The number of hydrogen-bond acceptors (Lipinski definition) is 4. The van der Waals surface area contributed by atoms with Crippen LogP contribution in [0, 0.1) is 5.92 Å². The summed E-state index contributed by atoms with van der Waals surface area (Å²) in [4.78, 5) is 11.8. The van der Waals surface area contributed by atoms with Crippen molar-refractivity contribution >= 4 is 5.97 Å². The van der Waals surface area contributed by atoms with E-state index in [1.54, 1.807) is 7.11 Å². The predicted octanol–water partition coefficient (Wildman–Crippen LogP) is 1.74. The number of hydrogen-bond donors (Lipinski definition) is 1. The molecule has 1 heterocycles. The van der Waals surface area contributed by atoms with Crippen LogP contribution in [0.1, 0.15) is 18.4 Å². The third-order valence-corrected chi connectivity index (χ3v) is 3.17. The van der Waals surface area contributed by atoms with Crippen molar-refractivity contribution in [3.05, 3.63) is 29.8 Å². The zero-order valence-electron chi connectivity index (χ0n) is 10.6. The van der Waals surface area contributed by atoms with Gasteiger partial charge in [0.05, 0.1) is 13.0 Å². The molecule has 0 radical (unpaired) electrons. The van der Waals surface area contributed by atoms with Gasteiger partial charge in [0.15, 0.2) is 0 Å². The average molecular weight is 249 g/mol. The molecule has 0 spiro atoms. The maximum Gasteiger partial charge on any atom is 0.310 e. The van der Waals surface area contributed by atoms with Crippen molar-refractivity contribution in [3.8, 4) is 5.75 Å². The molecule has 0 aliphatic carbocycles. The second-order valence-corrected chi connectivity index (χ2v) is 4.50. The summed E-state index contributed by atoms with van der Waals surface area (Å²) in [5.74, 6) is 0.719.